The van der Waals surface area contributed by atoms with Gasteiger partial charge >= 0.3 is 11.9 Å². The van der Waals surface area contributed by atoms with Crippen LogP contribution in [0.3, 0.4) is 0 Å². The van der Waals surface area contributed by atoms with E-state index in [0.29, 0.717) is 11.7 Å². The van der Waals surface area contributed by atoms with Gasteiger partial charge in [-0.1, -0.05) is 0 Å². The fourth-order valence-electron chi connectivity index (χ4n) is 1.24. The number of ether oxygens (including phenoxy) is 3. The smallest absolute Gasteiger partial charge is 0.326 e. The lowest BCUT2D eigenvalue weighted by Gasteiger charge is -2.30. The lowest BCUT2D eigenvalue weighted by Crippen LogP contribution is -2.49. The molecule has 0 N–H and O–H groups in total. The van der Waals surface area contributed by atoms with Gasteiger partial charge < -0.3 is 14.2 Å². The van der Waals surface area contributed by atoms with Crippen LogP contribution in [0.1, 0.15) is 0 Å². The third-order valence-electron chi connectivity index (χ3n) is 2.02. The standard InChI is InChI=1S/C8H12O5S/c1-11-6(9)8(7(10)12-2)3-13-5-14-4-8/h3-5H2,1-2H3. The van der Waals surface area contributed by atoms with E-state index in [4.69, 9.17) is 4.74 Å². The summed E-state index contributed by atoms with van der Waals surface area (Å²) in [6.07, 6.45) is 0. The summed E-state index contributed by atoms with van der Waals surface area (Å²) in [5, 5.41) is 0. The molecule has 1 aliphatic heterocycles. The quantitative estimate of drug-likeness (QED) is 0.483. The summed E-state index contributed by atoms with van der Waals surface area (Å²) in [6, 6.07) is 0. The Hall–Kier alpha value is -0.750. The number of thioether (sulfide) groups is 1. The molecule has 1 fully saturated rings. The average Bonchev–Trinajstić information content (AvgIpc) is 2.27. The predicted octanol–water partition coefficient (Wildman–Crippen LogP) is 0.0397. The molecule has 0 radical (unpaired) electrons. The lowest BCUT2D eigenvalue weighted by atomic mass is 9.91. The van der Waals surface area contributed by atoms with Gasteiger partial charge in [0.25, 0.3) is 0 Å². The molecule has 1 saturated heterocycles. The van der Waals surface area contributed by atoms with Crippen molar-refractivity contribution in [3.8, 4) is 0 Å². The number of carbonyl (C=O) groups excluding carboxylic acids is 2. The van der Waals surface area contributed by atoms with E-state index in [0.717, 1.165) is 0 Å². The molecule has 6 heteroatoms. The summed E-state index contributed by atoms with van der Waals surface area (Å²) in [4.78, 5) is 22.9. The third kappa shape index (κ3) is 1.85. The van der Waals surface area contributed by atoms with Crippen molar-refractivity contribution < 1.29 is 23.8 Å². The van der Waals surface area contributed by atoms with Crippen LogP contribution in [0.4, 0.5) is 0 Å². The molecule has 14 heavy (non-hydrogen) atoms. The first-order valence-electron chi connectivity index (χ1n) is 3.99. The van der Waals surface area contributed by atoms with E-state index in [1.165, 1.54) is 26.0 Å². The monoisotopic (exact) mass is 220 g/mol. The van der Waals surface area contributed by atoms with Crippen LogP contribution in [-0.4, -0.2) is 44.5 Å². The van der Waals surface area contributed by atoms with Crippen molar-refractivity contribution in [1.82, 2.24) is 0 Å². The zero-order chi connectivity index (χ0) is 10.6. The summed E-state index contributed by atoms with van der Waals surface area (Å²) < 4.78 is 14.3. The van der Waals surface area contributed by atoms with Crippen LogP contribution in [0.15, 0.2) is 0 Å². The molecule has 0 amide bonds. The van der Waals surface area contributed by atoms with Crippen LogP contribution in [-0.2, 0) is 23.8 Å². The summed E-state index contributed by atoms with van der Waals surface area (Å²) in [7, 11) is 2.48. The second-order valence-corrected chi connectivity index (χ2v) is 3.81. The molecule has 5 nitrogen and oxygen atoms in total. The maximum Gasteiger partial charge on any atom is 0.326 e. The number of methoxy groups -OCH3 is 2. The largest absolute Gasteiger partial charge is 0.468 e. The fourth-order valence-corrected chi connectivity index (χ4v) is 2.19. The van der Waals surface area contributed by atoms with Gasteiger partial charge in [0.2, 0.25) is 0 Å². The summed E-state index contributed by atoms with van der Waals surface area (Å²) in [5.74, 6) is -0.379. The van der Waals surface area contributed by atoms with Gasteiger partial charge in [0.15, 0.2) is 5.41 Å². The minimum atomic E-state index is -1.29. The van der Waals surface area contributed by atoms with Crippen molar-refractivity contribution in [3.63, 3.8) is 0 Å². The number of rotatable bonds is 2. The van der Waals surface area contributed by atoms with E-state index >= 15 is 0 Å². The van der Waals surface area contributed by atoms with E-state index in [9.17, 15) is 9.59 Å². The van der Waals surface area contributed by atoms with E-state index in [1.807, 2.05) is 0 Å². The first kappa shape index (κ1) is 11.3. The Balaban J connectivity index is 2.87. The topological polar surface area (TPSA) is 61.8 Å². The van der Waals surface area contributed by atoms with Crippen molar-refractivity contribution in [2.24, 2.45) is 5.41 Å². The second-order valence-electron chi connectivity index (χ2n) is 2.88. The summed E-state index contributed by atoms with van der Waals surface area (Å²) >= 11 is 1.37. The molecule has 1 heterocycles. The number of hydrogen-bond acceptors (Lipinski definition) is 6. The Labute approximate surface area is 86.1 Å². The van der Waals surface area contributed by atoms with Crippen LogP contribution in [0.5, 0.6) is 0 Å². The molecule has 0 aliphatic carbocycles. The van der Waals surface area contributed by atoms with E-state index < -0.39 is 17.4 Å². The zero-order valence-electron chi connectivity index (χ0n) is 8.07. The molecule has 0 aromatic heterocycles. The SMILES string of the molecule is COC(=O)C1(C(=O)OC)COCSC1. The van der Waals surface area contributed by atoms with Gasteiger partial charge in [-0.25, -0.2) is 0 Å². The molecule has 0 aromatic carbocycles. The van der Waals surface area contributed by atoms with Crippen LogP contribution < -0.4 is 0 Å². The van der Waals surface area contributed by atoms with Gasteiger partial charge in [-0.2, -0.15) is 0 Å². The second kappa shape index (κ2) is 4.65. The molecule has 80 valence electrons. The van der Waals surface area contributed by atoms with Crippen molar-refractivity contribution in [1.29, 1.82) is 0 Å². The maximum atomic E-state index is 11.5. The summed E-state index contributed by atoms with van der Waals surface area (Å²) in [5.41, 5.74) is -1.29. The van der Waals surface area contributed by atoms with Gasteiger partial charge in [0.05, 0.1) is 26.8 Å². The Morgan fingerprint density at radius 1 is 1.29 bits per heavy atom. The molecular formula is C8H12O5S. The van der Waals surface area contributed by atoms with Gasteiger partial charge in [0, 0.05) is 5.75 Å². The predicted molar refractivity (Wildman–Crippen MR) is 49.7 cm³/mol. The Kier molecular flexibility index (Phi) is 3.77. The molecule has 0 atom stereocenters. The average molecular weight is 220 g/mol. The molecule has 0 bridgehead atoms. The number of carbonyl (C=O) groups is 2. The van der Waals surface area contributed by atoms with Crippen molar-refractivity contribution in [2.45, 2.75) is 0 Å². The molecule has 0 aromatic rings. The highest BCUT2D eigenvalue weighted by Gasteiger charge is 2.50. The Morgan fingerprint density at radius 2 is 1.86 bits per heavy atom. The van der Waals surface area contributed by atoms with Gasteiger partial charge in [-0.3, -0.25) is 9.59 Å². The zero-order valence-corrected chi connectivity index (χ0v) is 8.89. The molecule has 1 aliphatic rings. The van der Waals surface area contributed by atoms with E-state index in [-0.39, 0.29) is 6.61 Å². The Morgan fingerprint density at radius 3 is 2.21 bits per heavy atom. The molecule has 1 rings (SSSR count). The van der Waals surface area contributed by atoms with Crippen molar-refractivity contribution in [3.05, 3.63) is 0 Å². The van der Waals surface area contributed by atoms with Crippen LogP contribution in [0.2, 0.25) is 0 Å². The highest BCUT2D eigenvalue weighted by Crippen LogP contribution is 2.31. The van der Waals surface area contributed by atoms with Crippen molar-refractivity contribution >= 4 is 23.7 Å². The number of hydrogen-bond donors (Lipinski definition) is 0. The van der Waals surface area contributed by atoms with E-state index in [2.05, 4.69) is 9.47 Å². The first-order chi connectivity index (χ1) is 6.67. The van der Waals surface area contributed by atoms with Gasteiger partial charge in [-0.05, 0) is 0 Å². The van der Waals surface area contributed by atoms with Gasteiger partial charge in [-0.15, -0.1) is 11.8 Å². The maximum absolute atomic E-state index is 11.5. The molecular weight excluding hydrogens is 208 g/mol. The minimum absolute atomic E-state index is 0.0271. The first-order valence-corrected chi connectivity index (χ1v) is 5.15. The molecule has 0 spiro atoms. The van der Waals surface area contributed by atoms with Crippen LogP contribution in [0, 0.1) is 5.41 Å². The highest BCUT2D eigenvalue weighted by atomic mass is 32.2. The van der Waals surface area contributed by atoms with Crippen molar-refractivity contribution in [2.75, 3.05) is 32.5 Å². The molecule has 0 unspecified atom stereocenters. The minimum Gasteiger partial charge on any atom is -0.468 e. The van der Waals surface area contributed by atoms with Crippen LogP contribution in [0.25, 0.3) is 0 Å². The number of esters is 2. The highest BCUT2D eigenvalue weighted by molar-refractivity contribution is 7.99. The fraction of sp³-hybridized carbons (Fsp3) is 0.750. The Bertz CT molecular complexity index is 216. The normalized spacial score (nSPS) is 19.9. The lowest BCUT2D eigenvalue weighted by molar-refractivity contribution is -0.171. The summed E-state index contributed by atoms with van der Waals surface area (Å²) in [6.45, 7) is 0.0271. The molecule has 0 saturated carbocycles. The van der Waals surface area contributed by atoms with Gasteiger partial charge in [0.1, 0.15) is 0 Å². The third-order valence-corrected chi connectivity index (χ3v) is 3.05. The van der Waals surface area contributed by atoms with Crippen LogP contribution >= 0.6 is 11.8 Å². The van der Waals surface area contributed by atoms with E-state index in [1.54, 1.807) is 0 Å².